The summed E-state index contributed by atoms with van der Waals surface area (Å²) in [6, 6.07) is 0. The summed E-state index contributed by atoms with van der Waals surface area (Å²) in [5.74, 6) is 0.499. The molecule has 1 radical (unpaired) electrons. The molecule has 77 valence electrons. The molecular formula is C9H13BN5. The highest BCUT2D eigenvalue weighted by Gasteiger charge is 2.13. The van der Waals surface area contributed by atoms with E-state index < -0.39 is 0 Å². The fourth-order valence-electron chi connectivity index (χ4n) is 1.61. The van der Waals surface area contributed by atoms with Crippen LogP contribution in [0.5, 0.6) is 0 Å². The van der Waals surface area contributed by atoms with Crippen molar-refractivity contribution in [2.24, 2.45) is 0 Å². The molecule has 2 aromatic rings. The van der Waals surface area contributed by atoms with E-state index in [0.29, 0.717) is 5.82 Å². The molecule has 5 nitrogen and oxygen atoms in total. The van der Waals surface area contributed by atoms with E-state index in [1.165, 1.54) is 6.33 Å². The molecule has 0 atom stereocenters. The van der Waals surface area contributed by atoms with Crippen LogP contribution in [0.3, 0.4) is 0 Å². The van der Waals surface area contributed by atoms with Crippen LogP contribution < -0.4 is 11.3 Å². The number of nitrogens with two attached hydrogens (primary N) is 1. The zero-order valence-corrected chi connectivity index (χ0v) is 8.94. The molecule has 0 aliphatic heterocycles. The number of nitrogens with zero attached hydrogens (tertiary/aromatic N) is 4. The number of fused-ring (bicyclic) bond motifs is 1. The summed E-state index contributed by atoms with van der Waals surface area (Å²) < 4.78 is 1.84. The maximum Gasteiger partial charge on any atom is 0.181 e. The van der Waals surface area contributed by atoms with Gasteiger partial charge >= 0.3 is 0 Å². The number of rotatable bonds is 3. The second-order valence-corrected chi connectivity index (χ2v) is 3.27. The highest BCUT2D eigenvalue weighted by atomic mass is 15.3. The molecule has 0 aromatic carbocycles. The summed E-state index contributed by atoms with van der Waals surface area (Å²) in [6.07, 6.45) is 2.39. The molecule has 0 aliphatic rings. The Balaban J connectivity index is 2.70. The summed E-state index contributed by atoms with van der Waals surface area (Å²) in [7, 11) is 2.04. The second-order valence-electron chi connectivity index (χ2n) is 3.27. The van der Waals surface area contributed by atoms with E-state index in [2.05, 4.69) is 22.0 Å². The minimum Gasteiger partial charge on any atom is -0.383 e. The molecule has 0 unspecified atom stereocenters. The third kappa shape index (κ3) is 1.56. The molecule has 2 rings (SSSR count). The molecule has 0 amide bonds. The van der Waals surface area contributed by atoms with Gasteiger partial charge in [0.05, 0.1) is 5.39 Å². The van der Waals surface area contributed by atoms with Crippen LogP contribution in [0.1, 0.15) is 13.8 Å². The predicted molar refractivity (Wildman–Crippen MR) is 61.3 cm³/mol. The summed E-state index contributed by atoms with van der Waals surface area (Å²) in [6.45, 7) is 4.88. The zero-order chi connectivity index (χ0) is 10.8. The summed E-state index contributed by atoms with van der Waals surface area (Å²) in [5, 5.41) is 5.30. The smallest absolute Gasteiger partial charge is 0.181 e. The summed E-state index contributed by atoms with van der Waals surface area (Å²) in [5.41, 5.74) is 7.52. The normalized spacial score (nSPS) is 10.8. The van der Waals surface area contributed by atoms with Gasteiger partial charge in [0.2, 0.25) is 0 Å². The van der Waals surface area contributed by atoms with Gasteiger partial charge in [0.25, 0.3) is 0 Å². The van der Waals surface area contributed by atoms with Crippen LogP contribution in [0.2, 0.25) is 6.32 Å². The average Bonchev–Trinajstić information content (AvgIpc) is 2.59. The fourth-order valence-corrected chi connectivity index (χ4v) is 1.61. The predicted octanol–water partition coefficient (Wildman–Crippen LogP) is 0.196. The van der Waals surface area contributed by atoms with E-state index in [-0.39, 0.29) is 0 Å². The SMILES string of the molecule is CC[B]c1nn(CC)c2ncnc(N)c12. The highest BCUT2D eigenvalue weighted by Crippen LogP contribution is 2.13. The lowest BCUT2D eigenvalue weighted by Crippen LogP contribution is -2.17. The third-order valence-electron chi connectivity index (χ3n) is 2.28. The molecular weight excluding hydrogens is 189 g/mol. The largest absolute Gasteiger partial charge is 0.383 e. The van der Waals surface area contributed by atoms with E-state index in [9.17, 15) is 0 Å². The van der Waals surface area contributed by atoms with Gasteiger partial charge in [-0.25, -0.2) is 14.6 Å². The quantitative estimate of drug-likeness (QED) is 0.721. The van der Waals surface area contributed by atoms with Crippen LogP contribution >= 0.6 is 0 Å². The van der Waals surface area contributed by atoms with Gasteiger partial charge in [0.15, 0.2) is 12.9 Å². The summed E-state index contributed by atoms with van der Waals surface area (Å²) in [4.78, 5) is 8.20. The fraction of sp³-hybridized carbons (Fsp3) is 0.444. The number of anilines is 1. The van der Waals surface area contributed by atoms with Crippen LogP contribution in [-0.4, -0.2) is 27.0 Å². The van der Waals surface area contributed by atoms with Gasteiger partial charge in [-0.15, -0.1) is 0 Å². The van der Waals surface area contributed by atoms with Gasteiger partial charge in [0, 0.05) is 12.1 Å². The number of nitrogen functional groups attached to an aromatic ring is 1. The Kier molecular flexibility index (Phi) is 2.57. The maximum atomic E-state index is 5.83. The molecule has 2 heterocycles. The van der Waals surface area contributed by atoms with Crippen molar-refractivity contribution in [3.8, 4) is 0 Å². The molecule has 0 bridgehead atoms. The van der Waals surface area contributed by atoms with Gasteiger partial charge in [-0.3, -0.25) is 0 Å². The molecule has 0 fully saturated rings. The second kappa shape index (κ2) is 3.88. The van der Waals surface area contributed by atoms with Crippen molar-refractivity contribution in [1.82, 2.24) is 19.7 Å². The summed E-state index contributed by atoms with van der Waals surface area (Å²) >= 11 is 0. The Morgan fingerprint density at radius 2 is 2.20 bits per heavy atom. The van der Waals surface area contributed by atoms with Gasteiger partial charge in [-0.1, -0.05) is 13.2 Å². The Hall–Kier alpha value is -1.59. The van der Waals surface area contributed by atoms with Crippen molar-refractivity contribution < 1.29 is 0 Å². The third-order valence-corrected chi connectivity index (χ3v) is 2.28. The molecule has 6 heteroatoms. The lowest BCUT2D eigenvalue weighted by Gasteiger charge is -1.97. The van der Waals surface area contributed by atoms with Gasteiger partial charge in [-0.2, -0.15) is 5.10 Å². The van der Waals surface area contributed by atoms with Gasteiger partial charge in [0.1, 0.15) is 12.1 Å². The van der Waals surface area contributed by atoms with Crippen LogP contribution in [-0.2, 0) is 6.54 Å². The first kappa shape index (κ1) is 9.95. The van der Waals surface area contributed by atoms with E-state index in [0.717, 1.165) is 29.5 Å². The Bertz CT molecular complexity index is 479. The molecule has 0 saturated carbocycles. The van der Waals surface area contributed by atoms with Crippen LogP contribution in [0, 0.1) is 0 Å². The van der Waals surface area contributed by atoms with Gasteiger partial charge in [-0.05, 0) is 6.92 Å². The molecule has 2 N–H and O–H groups in total. The van der Waals surface area contributed by atoms with E-state index >= 15 is 0 Å². The first-order chi connectivity index (χ1) is 7.27. The van der Waals surface area contributed by atoms with Crippen molar-refractivity contribution in [2.45, 2.75) is 26.7 Å². The molecule has 0 saturated heterocycles. The number of hydrogen-bond acceptors (Lipinski definition) is 4. The Labute approximate surface area is 88.9 Å². The lowest BCUT2D eigenvalue weighted by molar-refractivity contribution is 0.682. The van der Waals surface area contributed by atoms with Crippen LogP contribution in [0.4, 0.5) is 5.82 Å². The average molecular weight is 202 g/mol. The van der Waals surface area contributed by atoms with Crippen molar-refractivity contribution in [2.75, 3.05) is 5.73 Å². The van der Waals surface area contributed by atoms with Crippen molar-refractivity contribution in [3.63, 3.8) is 0 Å². The van der Waals surface area contributed by atoms with Crippen molar-refractivity contribution in [1.29, 1.82) is 0 Å². The first-order valence-electron chi connectivity index (χ1n) is 5.08. The monoisotopic (exact) mass is 202 g/mol. The van der Waals surface area contributed by atoms with Gasteiger partial charge < -0.3 is 5.73 Å². The van der Waals surface area contributed by atoms with E-state index in [4.69, 9.17) is 5.73 Å². The lowest BCUT2D eigenvalue weighted by atomic mass is 9.71. The standard InChI is InChI=1S/C9H13BN5/c1-3-10-7-6-8(11)12-5-13-9(6)15(4-2)14-7/h5H,3-4H2,1-2H3,(H2,11,12,13). The topological polar surface area (TPSA) is 69.6 Å². The Morgan fingerprint density at radius 3 is 2.87 bits per heavy atom. The van der Waals surface area contributed by atoms with E-state index in [1.807, 2.05) is 18.9 Å². The number of aryl methyl sites for hydroxylation is 1. The zero-order valence-electron chi connectivity index (χ0n) is 8.94. The van der Waals surface area contributed by atoms with Crippen molar-refractivity contribution in [3.05, 3.63) is 6.33 Å². The molecule has 0 aliphatic carbocycles. The molecule has 2 aromatic heterocycles. The van der Waals surface area contributed by atoms with Crippen molar-refractivity contribution >= 4 is 29.7 Å². The van der Waals surface area contributed by atoms with Crippen LogP contribution in [0.25, 0.3) is 11.0 Å². The minimum atomic E-state index is 0.499. The number of aromatic nitrogens is 4. The molecule has 15 heavy (non-hydrogen) atoms. The minimum absolute atomic E-state index is 0.499. The van der Waals surface area contributed by atoms with E-state index in [1.54, 1.807) is 0 Å². The molecule has 0 spiro atoms. The highest BCUT2D eigenvalue weighted by molar-refractivity contribution is 6.56. The number of hydrogen-bond donors (Lipinski definition) is 1. The van der Waals surface area contributed by atoms with Crippen LogP contribution in [0.15, 0.2) is 6.33 Å². The first-order valence-corrected chi connectivity index (χ1v) is 5.08. The maximum absolute atomic E-state index is 5.83. The Morgan fingerprint density at radius 1 is 1.40 bits per heavy atom.